The smallest absolute Gasteiger partial charge is 0.251 e. The third kappa shape index (κ3) is 3.77. The molecule has 1 amide bonds. The van der Waals surface area contributed by atoms with Crippen LogP contribution in [-0.2, 0) is 4.74 Å². The van der Waals surface area contributed by atoms with E-state index < -0.39 is 0 Å². The Bertz CT molecular complexity index is 601. The van der Waals surface area contributed by atoms with Gasteiger partial charge in [-0.25, -0.2) is 0 Å². The SMILES string of the molecule is O=C(NCCC[C@H]1CCOC1)c1cccc(-c2ccco2)c1. The van der Waals surface area contributed by atoms with Gasteiger partial charge in [-0.15, -0.1) is 0 Å². The van der Waals surface area contributed by atoms with Crippen LogP contribution in [0.1, 0.15) is 29.6 Å². The molecule has 0 bridgehead atoms. The van der Waals surface area contributed by atoms with Crippen molar-refractivity contribution in [2.24, 2.45) is 5.92 Å². The van der Waals surface area contributed by atoms with Gasteiger partial charge in [-0.2, -0.15) is 0 Å². The maximum absolute atomic E-state index is 12.2. The first kappa shape index (κ1) is 14.9. The third-order valence-corrected chi connectivity index (χ3v) is 4.03. The first-order valence-corrected chi connectivity index (χ1v) is 7.83. The lowest BCUT2D eigenvalue weighted by Gasteiger charge is -2.09. The van der Waals surface area contributed by atoms with Crippen molar-refractivity contribution >= 4 is 5.91 Å². The molecule has 1 atom stereocenters. The molecule has 4 heteroatoms. The lowest BCUT2D eigenvalue weighted by Crippen LogP contribution is -2.24. The van der Waals surface area contributed by atoms with E-state index in [1.54, 1.807) is 6.26 Å². The molecule has 0 radical (unpaired) electrons. The van der Waals surface area contributed by atoms with Crippen LogP contribution in [0.15, 0.2) is 47.1 Å². The number of benzene rings is 1. The summed E-state index contributed by atoms with van der Waals surface area (Å²) in [6.45, 7) is 2.47. The molecule has 1 aromatic heterocycles. The van der Waals surface area contributed by atoms with E-state index in [1.165, 1.54) is 0 Å². The summed E-state index contributed by atoms with van der Waals surface area (Å²) in [7, 11) is 0. The molecule has 1 aliphatic heterocycles. The van der Waals surface area contributed by atoms with Gasteiger partial charge in [0, 0.05) is 30.9 Å². The van der Waals surface area contributed by atoms with Crippen molar-refractivity contribution in [1.82, 2.24) is 5.32 Å². The number of amides is 1. The summed E-state index contributed by atoms with van der Waals surface area (Å²) < 4.78 is 10.7. The van der Waals surface area contributed by atoms with Gasteiger partial charge in [-0.1, -0.05) is 12.1 Å². The Balaban J connectivity index is 1.50. The number of nitrogens with one attached hydrogen (secondary N) is 1. The van der Waals surface area contributed by atoms with E-state index >= 15 is 0 Å². The zero-order chi connectivity index (χ0) is 15.2. The standard InChI is InChI=1S/C18H21NO3/c20-18(19-9-2-4-14-8-11-21-13-14)16-6-1-5-15(12-16)17-7-3-10-22-17/h1,3,5-7,10,12,14H,2,4,8-9,11,13H2,(H,19,20)/t14-/m0/s1. The molecule has 2 heterocycles. The minimum atomic E-state index is -0.0314. The van der Waals surface area contributed by atoms with Crippen molar-refractivity contribution in [3.05, 3.63) is 48.2 Å². The minimum absolute atomic E-state index is 0.0314. The van der Waals surface area contributed by atoms with E-state index in [4.69, 9.17) is 9.15 Å². The average Bonchev–Trinajstić information content (AvgIpc) is 3.24. The Kier molecular flexibility index (Phi) is 4.91. The topological polar surface area (TPSA) is 51.5 Å². The Labute approximate surface area is 130 Å². The quantitative estimate of drug-likeness (QED) is 0.831. The largest absolute Gasteiger partial charge is 0.464 e. The molecule has 1 N–H and O–H groups in total. The zero-order valence-corrected chi connectivity index (χ0v) is 12.6. The molecule has 1 fully saturated rings. The van der Waals surface area contributed by atoms with Gasteiger partial charge in [-0.3, -0.25) is 4.79 Å². The second-order valence-electron chi connectivity index (χ2n) is 5.69. The van der Waals surface area contributed by atoms with Crippen molar-refractivity contribution < 1.29 is 13.9 Å². The number of furan rings is 1. The van der Waals surface area contributed by atoms with Crippen LogP contribution in [0.5, 0.6) is 0 Å². The summed E-state index contributed by atoms with van der Waals surface area (Å²) in [4.78, 5) is 12.2. The number of carbonyl (C=O) groups excluding carboxylic acids is 1. The molecule has 0 saturated carbocycles. The molecule has 116 valence electrons. The number of ether oxygens (including phenoxy) is 1. The molecular formula is C18H21NO3. The molecule has 0 spiro atoms. The van der Waals surface area contributed by atoms with Crippen molar-refractivity contribution in [2.75, 3.05) is 19.8 Å². The van der Waals surface area contributed by atoms with E-state index in [0.717, 1.165) is 43.8 Å². The van der Waals surface area contributed by atoms with Crippen LogP contribution >= 0.6 is 0 Å². The summed E-state index contributed by atoms with van der Waals surface area (Å²) in [6.07, 6.45) is 4.90. The van der Waals surface area contributed by atoms with E-state index in [-0.39, 0.29) is 5.91 Å². The fourth-order valence-corrected chi connectivity index (χ4v) is 2.76. The molecule has 1 saturated heterocycles. The van der Waals surface area contributed by atoms with E-state index in [2.05, 4.69) is 5.32 Å². The second-order valence-corrected chi connectivity index (χ2v) is 5.69. The molecular weight excluding hydrogens is 278 g/mol. The van der Waals surface area contributed by atoms with Gasteiger partial charge in [-0.05, 0) is 49.4 Å². The van der Waals surface area contributed by atoms with Crippen LogP contribution in [0.4, 0.5) is 0 Å². The zero-order valence-electron chi connectivity index (χ0n) is 12.6. The molecule has 0 aliphatic carbocycles. The minimum Gasteiger partial charge on any atom is -0.464 e. The molecule has 4 nitrogen and oxygen atoms in total. The van der Waals surface area contributed by atoms with Crippen molar-refractivity contribution in [3.8, 4) is 11.3 Å². The molecule has 1 aliphatic rings. The maximum Gasteiger partial charge on any atom is 0.251 e. The number of hydrogen-bond donors (Lipinski definition) is 1. The van der Waals surface area contributed by atoms with E-state index in [0.29, 0.717) is 18.0 Å². The van der Waals surface area contributed by atoms with Gasteiger partial charge in [0.15, 0.2) is 0 Å². The highest BCUT2D eigenvalue weighted by molar-refractivity contribution is 5.95. The molecule has 2 aromatic rings. The van der Waals surface area contributed by atoms with Crippen LogP contribution in [0.2, 0.25) is 0 Å². The van der Waals surface area contributed by atoms with Gasteiger partial charge in [0.05, 0.1) is 6.26 Å². The van der Waals surface area contributed by atoms with Crippen LogP contribution in [0.3, 0.4) is 0 Å². The van der Waals surface area contributed by atoms with Crippen molar-refractivity contribution in [2.45, 2.75) is 19.3 Å². The van der Waals surface area contributed by atoms with Crippen LogP contribution in [0, 0.1) is 5.92 Å². The predicted octanol–water partition coefficient (Wildman–Crippen LogP) is 3.49. The molecule has 1 aromatic carbocycles. The molecule has 22 heavy (non-hydrogen) atoms. The highest BCUT2D eigenvalue weighted by Gasteiger charge is 2.15. The number of rotatable bonds is 6. The van der Waals surface area contributed by atoms with Gasteiger partial charge >= 0.3 is 0 Å². The highest BCUT2D eigenvalue weighted by atomic mass is 16.5. The normalized spacial score (nSPS) is 17.5. The van der Waals surface area contributed by atoms with Gasteiger partial charge in [0.2, 0.25) is 0 Å². The van der Waals surface area contributed by atoms with Gasteiger partial charge in [0.1, 0.15) is 5.76 Å². The first-order chi connectivity index (χ1) is 10.8. The van der Waals surface area contributed by atoms with Gasteiger partial charge in [0.25, 0.3) is 5.91 Å². The average molecular weight is 299 g/mol. The summed E-state index contributed by atoms with van der Waals surface area (Å²) in [5.74, 6) is 1.41. The number of hydrogen-bond acceptors (Lipinski definition) is 3. The summed E-state index contributed by atoms with van der Waals surface area (Å²) in [5, 5.41) is 2.99. The fraction of sp³-hybridized carbons (Fsp3) is 0.389. The second kappa shape index (κ2) is 7.27. The van der Waals surface area contributed by atoms with Crippen LogP contribution < -0.4 is 5.32 Å². The maximum atomic E-state index is 12.2. The van der Waals surface area contributed by atoms with E-state index in [9.17, 15) is 4.79 Å². The lowest BCUT2D eigenvalue weighted by molar-refractivity contribution is 0.0952. The number of carbonyl (C=O) groups is 1. The van der Waals surface area contributed by atoms with Gasteiger partial charge < -0.3 is 14.5 Å². The Morgan fingerprint density at radius 2 is 2.23 bits per heavy atom. The summed E-state index contributed by atoms with van der Waals surface area (Å²) in [6, 6.07) is 11.2. The lowest BCUT2D eigenvalue weighted by atomic mass is 10.0. The predicted molar refractivity (Wildman–Crippen MR) is 84.6 cm³/mol. The Morgan fingerprint density at radius 3 is 3.00 bits per heavy atom. The monoisotopic (exact) mass is 299 g/mol. The van der Waals surface area contributed by atoms with Crippen LogP contribution in [-0.4, -0.2) is 25.7 Å². The third-order valence-electron chi connectivity index (χ3n) is 4.03. The Morgan fingerprint density at radius 1 is 1.27 bits per heavy atom. The fourth-order valence-electron chi connectivity index (χ4n) is 2.76. The van der Waals surface area contributed by atoms with Crippen molar-refractivity contribution in [1.29, 1.82) is 0 Å². The Hall–Kier alpha value is -2.07. The van der Waals surface area contributed by atoms with Crippen molar-refractivity contribution in [3.63, 3.8) is 0 Å². The first-order valence-electron chi connectivity index (χ1n) is 7.83. The summed E-state index contributed by atoms with van der Waals surface area (Å²) >= 11 is 0. The highest BCUT2D eigenvalue weighted by Crippen LogP contribution is 2.21. The van der Waals surface area contributed by atoms with E-state index in [1.807, 2.05) is 36.4 Å². The molecule has 0 unspecified atom stereocenters. The summed E-state index contributed by atoms with van der Waals surface area (Å²) in [5.41, 5.74) is 1.58. The van der Waals surface area contributed by atoms with Crippen LogP contribution in [0.25, 0.3) is 11.3 Å². The molecule has 3 rings (SSSR count).